The predicted octanol–water partition coefficient (Wildman–Crippen LogP) is 16.9. The Morgan fingerprint density at radius 1 is 0.356 bits per heavy atom. The molecule has 1 unspecified atom stereocenters. The Hall–Kier alpha value is -1.59. The van der Waals surface area contributed by atoms with Crippen LogP contribution in [0.4, 0.5) is 0 Å². The minimum Gasteiger partial charge on any atom is -0.462 e. The van der Waals surface area contributed by atoms with E-state index in [1.165, 1.54) is 180 Å². The van der Waals surface area contributed by atoms with Crippen LogP contribution in [0.25, 0.3) is 0 Å². The van der Waals surface area contributed by atoms with E-state index < -0.39 is 6.10 Å². The van der Waals surface area contributed by atoms with Crippen molar-refractivity contribution >= 4 is 17.9 Å². The van der Waals surface area contributed by atoms with Gasteiger partial charge in [-0.25, -0.2) is 0 Å². The molecule has 0 aromatic carbocycles. The zero-order chi connectivity index (χ0) is 43.3. The zero-order valence-corrected chi connectivity index (χ0v) is 40.4. The summed E-state index contributed by atoms with van der Waals surface area (Å²) < 4.78 is 16.8. The van der Waals surface area contributed by atoms with Crippen molar-refractivity contribution in [2.45, 2.75) is 298 Å². The monoisotopic (exact) mass is 835 g/mol. The van der Waals surface area contributed by atoms with Gasteiger partial charge in [0.2, 0.25) is 0 Å². The third-order valence-corrected chi connectivity index (χ3v) is 12.3. The molecule has 59 heavy (non-hydrogen) atoms. The average Bonchev–Trinajstić information content (AvgIpc) is 3.22. The molecule has 0 N–H and O–H groups in total. The second-order valence-electron chi connectivity index (χ2n) is 18.9. The van der Waals surface area contributed by atoms with Crippen LogP contribution in [0.2, 0.25) is 0 Å². The largest absolute Gasteiger partial charge is 0.462 e. The standard InChI is InChI=1S/C53H102O6/c1-6-8-9-10-11-12-13-14-15-16-17-18-21-24-27-33-38-43-51(54)57-46-50(47-58-52(55)44-39-34-30-29-32-37-42-49(5)7-2)59-53(56)45-40-35-28-25-22-19-20-23-26-31-36-41-48(3)4/h48-50H,6-47H2,1-5H3/t49?,50-/m1/s1. The molecule has 0 aromatic rings. The number of unbranched alkanes of at least 4 members (excludes halogenated alkanes) is 31. The van der Waals surface area contributed by atoms with E-state index in [2.05, 4.69) is 34.6 Å². The molecule has 0 radical (unpaired) electrons. The lowest BCUT2D eigenvalue weighted by molar-refractivity contribution is -0.167. The Kier molecular flexibility index (Phi) is 44.7. The summed E-state index contributed by atoms with van der Waals surface area (Å²) in [5.41, 5.74) is 0. The summed E-state index contributed by atoms with van der Waals surface area (Å²) in [5.74, 6) is 0.788. The molecule has 0 spiro atoms. The molecule has 0 aliphatic carbocycles. The van der Waals surface area contributed by atoms with Gasteiger partial charge in [-0.05, 0) is 31.1 Å². The summed E-state index contributed by atoms with van der Waals surface area (Å²) >= 11 is 0. The maximum absolute atomic E-state index is 12.8. The van der Waals surface area contributed by atoms with Crippen molar-refractivity contribution in [1.82, 2.24) is 0 Å². The van der Waals surface area contributed by atoms with Gasteiger partial charge in [-0.15, -0.1) is 0 Å². The molecule has 0 saturated heterocycles. The van der Waals surface area contributed by atoms with Crippen LogP contribution in [0.1, 0.15) is 291 Å². The molecule has 2 atom stereocenters. The normalized spacial score (nSPS) is 12.5. The van der Waals surface area contributed by atoms with Gasteiger partial charge in [0.05, 0.1) is 0 Å². The molecule has 6 heteroatoms. The molecule has 0 aromatic heterocycles. The quantitative estimate of drug-likeness (QED) is 0.0345. The lowest BCUT2D eigenvalue weighted by Crippen LogP contribution is -2.30. The van der Waals surface area contributed by atoms with E-state index in [0.29, 0.717) is 19.3 Å². The Labute approximate surface area is 368 Å². The lowest BCUT2D eigenvalue weighted by atomic mass is 10.00. The van der Waals surface area contributed by atoms with Crippen molar-refractivity contribution in [1.29, 1.82) is 0 Å². The lowest BCUT2D eigenvalue weighted by Gasteiger charge is -2.18. The molecule has 0 fully saturated rings. The van der Waals surface area contributed by atoms with Crippen molar-refractivity contribution in [3.8, 4) is 0 Å². The highest BCUT2D eigenvalue weighted by atomic mass is 16.6. The minimum absolute atomic E-state index is 0.0643. The Morgan fingerprint density at radius 2 is 0.644 bits per heavy atom. The zero-order valence-electron chi connectivity index (χ0n) is 40.4. The molecule has 0 heterocycles. The molecule has 0 bridgehead atoms. The van der Waals surface area contributed by atoms with Crippen molar-refractivity contribution in [2.75, 3.05) is 13.2 Å². The fourth-order valence-electron chi connectivity index (χ4n) is 7.96. The summed E-state index contributed by atoms with van der Waals surface area (Å²) in [6, 6.07) is 0. The summed E-state index contributed by atoms with van der Waals surface area (Å²) in [4.78, 5) is 37.9. The van der Waals surface area contributed by atoms with Gasteiger partial charge < -0.3 is 14.2 Å². The van der Waals surface area contributed by atoms with Crippen LogP contribution in [-0.4, -0.2) is 37.2 Å². The van der Waals surface area contributed by atoms with Crippen LogP contribution < -0.4 is 0 Å². The first kappa shape index (κ1) is 57.4. The van der Waals surface area contributed by atoms with Crippen LogP contribution in [0.3, 0.4) is 0 Å². The summed E-state index contributed by atoms with van der Waals surface area (Å²) in [5, 5.41) is 0. The molecule has 0 amide bonds. The van der Waals surface area contributed by atoms with Gasteiger partial charge in [-0.1, -0.05) is 253 Å². The van der Waals surface area contributed by atoms with E-state index >= 15 is 0 Å². The molecule has 0 rings (SSSR count). The maximum Gasteiger partial charge on any atom is 0.306 e. The number of carbonyl (C=O) groups is 3. The Balaban J connectivity index is 4.28. The highest BCUT2D eigenvalue weighted by molar-refractivity contribution is 5.71. The van der Waals surface area contributed by atoms with E-state index in [1.807, 2.05) is 0 Å². The highest BCUT2D eigenvalue weighted by Gasteiger charge is 2.19. The average molecular weight is 835 g/mol. The van der Waals surface area contributed by atoms with Crippen LogP contribution in [0.5, 0.6) is 0 Å². The van der Waals surface area contributed by atoms with Crippen molar-refractivity contribution in [2.24, 2.45) is 11.8 Å². The van der Waals surface area contributed by atoms with Gasteiger partial charge in [0.1, 0.15) is 13.2 Å². The second-order valence-corrected chi connectivity index (χ2v) is 18.9. The molecular weight excluding hydrogens is 733 g/mol. The second kappa shape index (κ2) is 45.9. The molecule has 0 saturated carbocycles. The maximum atomic E-state index is 12.8. The fraction of sp³-hybridized carbons (Fsp3) is 0.943. The van der Waals surface area contributed by atoms with Crippen LogP contribution in [0, 0.1) is 11.8 Å². The number of esters is 3. The Bertz CT molecular complexity index is 902. The third kappa shape index (κ3) is 45.8. The van der Waals surface area contributed by atoms with E-state index in [4.69, 9.17) is 14.2 Å². The van der Waals surface area contributed by atoms with Crippen LogP contribution >= 0.6 is 0 Å². The SMILES string of the molecule is CCCCCCCCCCCCCCCCCCCC(=O)OC[C@H](COC(=O)CCCCCCCCC(C)CC)OC(=O)CCCCCCCCCCCCCC(C)C. The van der Waals surface area contributed by atoms with Gasteiger partial charge in [-0.3, -0.25) is 14.4 Å². The minimum atomic E-state index is -0.762. The Morgan fingerprint density at radius 3 is 0.966 bits per heavy atom. The number of rotatable bonds is 47. The van der Waals surface area contributed by atoms with E-state index in [1.54, 1.807) is 0 Å². The molecule has 350 valence electrons. The summed E-state index contributed by atoms with van der Waals surface area (Å²) in [7, 11) is 0. The van der Waals surface area contributed by atoms with Gasteiger partial charge in [0, 0.05) is 19.3 Å². The smallest absolute Gasteiger partial charge is 0.306 e. The van der Waals surface area contributed by atoms with Crippen molar-refractivity contribution in [3.05, 3.63) is 0 Å². The van der Waals surface area contributed by atoms with Crippen LogP contribution in [0.15, 0.2) is 0 Å². The fourth-order valence-corrected chi connectivity index (χ4v) is 7.96. The van der Waals surface area contributed by atoms with E-state index in [9.17, 15) is 14.4 Å². The predicted molar refractivity (Wildman–Crippen MR) is 252 cm³/mol. The van der Waals surface area contributed by atoms with Crippen molar-refractivity contribution < 1.29 is 28.6 Å². The first-order valence-electron chi connectivity index (χ1n) is 26.3. The van der Waals surface area contributed by atoms with Crippen LogP contribution in [-0.2, 0) is 28.6 Å². The van der Waals surface area contributed by atoms with Gasteiger partial charge in [0.25, 0.3) is 0 Å². The van der Waals surface area contributed by atoms with Crippen molar-refractivity contribution in [3.63, 3.8) is 0 Å². The molecular formula is C53H102O6. The topological polar surface area (TPSA) is 78.9 Å². The molecule has 0 aliphatic heterocycles. The first-order chi connectivity index (χ1) is 28.8. The number of carbonyl (C=O) groups excluding carboxylic acids is 3. The van der Waals surface area contributed by atoms with Gasteiger partial charge in [-0.2, -0.15) is 0 Å². The third-order valence-electron chi connectivity index (χ3n) is 12.3. The van der Waals surface area contributed by atoms with E-state index in [0.717, 1.165) is 69.6 Å². The van der Waals surface area contributed by atoms with E-state index in [-0.39, 0.29) is 31.1 Å². The van der Waals surface area contributed by atoms with Gasteiger partial charge >= 0.3 is 17.9 Å². The number of hydrogen-bond donors (Lipinski definition) is 0. The number of ether oxygens (including phenoxy) is 3. The summed E-state index contributed by atoms with van der Waals surface area (Å²) in [6.07, 6.45) is 46.6. The number of hydrogen-bond acceptors (Lipinski definition) is 6. The van der Waals surface area contributed by atoms with Gasteiger partial charge in [0.15, 0.2) is 6.10 Å². The molecule has 0 aliphatic rings. The first-order valence-corrected chi connectivity index (χ1v) is 26.3. The highest BCUT2D eigenvalue weighted by Crippen LogP contribution is 2.18. The molecule has 6 nitrogen and oxygen atoms in total. The summed E-state index contributed by atoms with van der Waals surface area (Å²) in [6.45, 7) is 11.3.